The van der Waals surface area contributed by atoms with Crippen LogP contribution in [0, 0.1) is 11.3 Å². The summed E-state index contributed by atoms with van der Waals surface area (Å²) in [6.45, 7) is 4.10. The van der Waals surface area contributed by atoms with Gasteiger partial charge < -0.3 is 18.9 Å². The quantitative estimate of drug-likeness (QED) is 0.610. The number of methoxy groups -OCH3 is 3. The lowest BCUT2D eigenvalue weighted by molar-refractivity contribution is 0.0941. The summed E-state index contributed by atoms with van der Waals surface area (Å²) in [5.74, 6) is 0.927. The van der Waals surface area contributed by atoms with E-state index in [1.54, 1.807) is 47.1 Å². The third kappa shape index (κ3) is 4.86. The van der Waals surface area contributed by atoms with E-state index in [1.807, 2.05) is 13.0 Å². The molecule has 0 saturated heterocycles. The van der Waals surface area contributed by atoms with E-state index in [0.29, 0.717) is 34.7 Å². The van der Waals surface area contributed by atoms with Crippen LogP contribution in [0.25, 0.3) is 0 Å². The molecule has 0 aromatic heterocycles. The summed E-state index contributed by atoms with van der Waals surface area (Å²) >= 11 is 0. The topological polar surface area (TPSA) is 101 Å². The first-order chi connectivity index (χ1) is 16.4. The summed E-state index contributed by atoms with van der Waals surface area (Å²) < 4.78 is 21.4. The summed E-state index contributed by atoms with van der Waals surface area (Å²) in [7, 11) is 4.37. The molecule has 3 rings (SSSR count). The maximum absolute atomic E-state index is 13.0. The fraction of sp³-hybridized carbons (Fsp3) is 0.400. The third-order valence-electron chi connectivity index (χ3n) is 5.82. The minimum atomic E-state index is -0.523. The SMILES string of the molecule is CCOC(=O)N1c2cc(OC)c(OC)cc2[C@@H](N(Cc2cccc(C#N)c2)C(=O)OC)C[C@H]1C. The van der Waals surface area contributed by atoms with Crippen molar-refractivity contribution < 1.29 is 28.5 Å². The molecule has 2 amide bonds. The number of nitriles is 1. The van der Waals surface area contributed by atoms with Crippen LogP contribution in [0.1, 0.15) is 43.0 Å². The van der Waals surface area contributed by atoms with Gasteiger partial charge in [0.2, 0.25) is 0 Å². The van der Waals surface area contributed by atoms with Gasteiger partial charge in [-0.05, 0) is 44.0 Å². The minimum Gasteiger partial charge on any atom is -0.493 e. The number of amides is 2. The van der Waals surface area contributed by atoms with E-state index in [9.17, 15) is 14.9 Å². The van der Waals surface area contributed by atoms with Crippen LogP contribution in [0.2, 0.25) is 0 Å². The zero-order valence-electron chi connectivity index (χ0n) is 20.0. The van der Waals surface area contributed by atoms with E-state index in [1.165, 1.54) is 21.3 Å². The molecule has 0 saturated carbocycles. The Labute approximate surface area is 199 Å². The summed E-state index contributed by atoms with van der Waals surface area (Å²) in [5.41, 5.74) is 2.55. The molecule has 0 unspecified atom stereocenters. The van der Waals surface area contributed by atoms with Gasteiger partial charge in [0.1, 0.15) is 0 Å². The molecule has 0 aliphatic carbocycles. The largest absolute Gasteiger partial charge is 0.493 e. The van der Waals surface area contributed by atoms with Gasteiger partial charge in [0, 0.05) is 24.2 Å². The molecule has 0 radical (unpaired) electrons. The van der Waals surface area contributed by atoms with Gasteiger partial charge in [-0.25, -0.2) is 9.59 Å². The summed E-state index contributed by atoms with van der Waals surface area (Å²) in [6, 6.07) is 12.0. The van der Waals surface area contributed by atoms with Gasteiger partial charge in [-0.2, -0.15) is 5.26 Å². The number of benzene rings is 2. The third-order valence-corrected chi connectivity index (χ3v) is 5.82. The van der Waals surface area contributed by atoms with Crippen LogP contribution < -0.4 is 14.4 Å². The molecular formula is C25H29N3O6. The Kier molecular flexibility index (Phi) is 7.84. The first-order valence-corrected chi connectivity index (χ1v) is 10.9. The zero-order valence-corrected chi connectivity index (χ0v) is 20.0. The van der Waals surface area contributed by atoms with Crippen molar-refractivity contribution in [1.29, 1.82) is 5.26 Å². The Morgan fingerprint density at radius 3 is 2.47 bits per heavy atom. The molecule has 9 nitrogen and oxygen atoms in total. The van der Waals surface area contributed by atoms with Gasteiger partial charge in [0.25, 0.3) is 0 Å². The molecule has 2 aromatic rings. The normalized spacial score (nSPS) is 16.6. The van der Waals surface area contributed by atoms with Crippen molar-refractivity contribution in [2.24, 2.45) is 0 Å². The van der Waals surface area contributed by atoms with Crippen molar-refractivity contribution in [2.75, 3.05) is 32.8 Å². The highest BCUT2D eigenvalue weighted by Gasteiger charge is 2.40. The highest BCUT2D eigenvalue weighted by Crippen LogP contribution is 2.46. The van der Waals surface area contributed by atoms with E-state index in [-0.39, 0.29) is 19.2 Å². The number of anilines is 1. The minimum absolute atomic E-state index is 0.215. The smallest absolute Gasteiger partial charge is 0.414 e. The van der Waals surface area contributed by atoms with Crippen molar-refractivity contribution in [3.63, 3.8) is 0 Å². The number of carbonyl (C=O) groups excluding carboxylic acids is 2. The second-order valence-corrected chi connectivity index (χ2v) is 7.85. The van der Waals surface area contributed by atoms with Gasteiger partial charge in [-0.15, -0.1) is 0 Å². The molecule has 1 heterocycles. The second kappa shape index (κ2) is 10.8. The molecule has 1 aliphatic heterocycles. The maximum atomic E-state index is 13.0. The standard InChI is InChI=1S/C25H29N3O6/c1-6-34-25(30)28-16(2)10-20(19-12-22(31-3)23(32-4)13-21(19)28)27(24(29)33-5)15-18-9-7-8-17(11-18)14-26/h7-9,11-13,16,20H,6,10,15H2,1-5H3/t16-,20+/m1/s1. The molecule has 2 aromatic carbocycles. The van der Waals surface area contributed by atoms with E-state index >= 15 is 0 Å². The fourth-order valence-electron chi connectivity index (χ4n) is 4.27. The summed E-state index contributed by atoms with van der Waals surface area (Å²) in [5, 5.41) is 9.27. The first-order valence-electron chi connectivity index (χ1n) is 10.9. The van der Waals surface area contributed by atoms with Gasteiger partial charge in [0.15, 0.2) is 11.5 Å². The Bertz CT molecular complexity index is 1100. The predicted octanol–water partition coefficient (Wildman–Crippen LogP) is 4.64. The summed E-state index contributed by atoms with van der Waals surface area (Å²) in [6.07, 6.45) is -0.563. The average molecular weight is 468 g/mol. The van der Waals surface area contributed by atoms with Crippen LogP contribution in [0.15, 0.2) is 36.4 Å². The lowest BCUT2D eigenvalue weighted by Gasteiger charge is -2.42. The molecule has 180 valence electrons. The molecule has 0 spiro atoms. The molecule has 2 atom stereocenters. The molecular weight excluding hydrogens is 438 g/mol. The Hall–Kier alpha value is -3.93. The van der Waals surface area contributed by atoms with Crippen LogP contribution >= 0.6 is 0 Å². The van der Waals surface area contributed by atoms with Crippen LogP contribution in [0.5, 0.6) is 11.5 Å². The number of nitrogens with zero attached hydrogens (tertiary/aromatic N) is 3. The van der Waals surface area contributed by atoms with E-state index in [2.05, 4.69) is 6.07 Å². The molecule has 34 heavy (non-hydrogen) atoms. The van der Waals surface area contributed by atoms with Crippen molar-refractivity contribution in [2.45, 2.75) is 38.9 Å². The Balaban J connectivity index is 2.14. The number of rotatable bonds is 6. The molecule has 0 N–H and O–H groups in total. The van der Waals surface area contributed by atoms with Gasteiger partial charge in [-0.3, -0.25) is 9.80 Å². The van der Waals surface area contributed by atoms with Crippen LogP contribution in [-0.2, 0) is 16.0 Å². The second-order valence-electron chi connectivity index (χ2n) is 7.85. The number of carbonyl (C=O) groups is 2. The fourth-order valence-corrected chi connectivity index (χ4v) is 4.27. The van der Waals surface area contributed by atoms with Gasteiger partial charge in [-0.1, -0.05) is 12.1 Å². The highest BCUT2D eigenvalue weighted by atomic mass is 16.6. The first kappa shape index (κ1) is 24.7. The van der Waals surface area contributed by atoms with Crippen molar-refractivity contribution in [1.82, 2.24) is 4.90 Å². The van der Waals surface area contributed by atoms with Crippen molar-refractivity contribution in [3.05, 3.63) is 53.1 Å². The number of fused-ring (bicyclic) bond motifs is 1. The van der Waals surface area contributed by atoms with Crippen LogP contribution in [-0.4, -0.2) is 51.1 Å². The molecule has 9 heteroatoms. The predicted molar refractivity (Wildman–Crippen MR) is 125 cm³/mol. The maximum Gasteiger partial charge on any atom is 0.414 e. The monoisotopic (exact) mass is 467 g/mol. The van der Waals surface area contributed by atoms with Crippen molar-refractivity contribution in [3.8, 4) is 17.6 Å². The lowest BCUT2D eigenvalue weighted by Crippen LogP contribution is -2.47. The number of ether oxygens (including phenoxy) is 4. The number of hydrogen-bond acceptors (Lipinski definition) is 7. The van der Waals surface area contributed by atoms with Crippen molar-refractivity contribution >= 4 is 17.9 Å². The highest BCUT2D eigenvalue weighted by molar-refractivity contribution is 5.91. The van der Waals surface area contributed by atoms with Gasteiger partial charge >= 0.3 is 12.2 Å². The molecule has 1 aliphatic rings. The van der Waals surface area contributed by atoms with E-state index < -0.39 is 18.2 Å². The zero-order chi connectivity index (χ0) is 24.8. The average Bonchev–Trinajstić information content (AvgIpc) is 2.85. The molecule has 0 fully saturated rings. The summed E-state index contributed by atoms with van der Waals surface area (Å²) in [4.78, 5) is 29.0. The van der Waals surface area contributed by atoms with Crippen LogP contribution in [0.3, 0.4) is 0 Å². The van der Waals surface area contributed by atoms with E-state index in [0.717, 1.165) is 5.56 Å². The van der Waals surface area contributed by atoms with Gasteiger partial charge in [0.05, 0.1) is 51.3 Å². The van der Waals surface area contributed by atoms with Crippen LogP contribution in [0.4, 0.5) is 15.3 Å². The number of hydrogen-bond donors (Lipinski definition) is 0. The molecule has 0 bridgehead atoms. The lowest BCUT2D eigenvalue weighted by atomic mass is 9.90. The Morgan fingerprint density at radius 1 is 1.15 bits per heavy atom. The van der Waals surface area contributed by atoms with E-state index in [4.69, 9.17) is 18.9 Å². The Morgan fingerprint density at radius 2 is 1.85 bits per heavy atom.